The first-order valence-corrected chi connectivity index (χ1v) is 11.0. The van der Waals surface area contributed by atoms with Gasteiger partial charge in [0.1, 0.15) is 11.1 Å². The van der Waals surface area contributed by atoms with Gasteiger partial charge in [-0.3, -0.25) is 4.79 Å². The number of pyridine rings is 1. The highest BCUT2D eigenvalue weighted by Crippen LogP contribution is 2.35. The van der Waals surface area contributed by atoms with Gasteiger partial charge in [0.25, 0.3) is 5.56 Å². The Labute approximate surface area is 184 Å². The van der Waals surface area contributed by atoms with E-state index in [4.69, 9.17) is 27.9 Å². The molecule has 2 aliphatic rings. The first-order chi connectivity index (χ1) is 14.5. The van der Waals surface area contributed by atoms with E-state index in [1.165, 1.54) is 0 Å². The van der Waals surface area contributed by atoms with Gasteiger partial charge in [-0.1, -0.05) is 11.6 Å². The van der Waals surface area contributed by atoms with Crippen LogP contribution in [0.15, 0.2) is 29.3 Å². The monoisotopic (exact) mass is 453 g/mol. The minimum absolute atomic E-state index is 0.0530. The van der Waals surface area contributed by atoms with Crippen LogP contribution in [0.5, 0.6) is 5.88 Å². The molecular weight excluding hydrogens is 429 g/mol. The van der Waals surface area contributed by atoms with Gasteiger partial charge >= 0.3 is 0 Å². The summed E-state index contributed by atoms with van der Waals surface area (Å²) in [6.07, 6.45) is 5.78. The highest BCUT2D eigenvalue weighted by molar-refractivity contribution is 6.33. The van der Waals surface area contributed by atoms with Crippen molar-refractivity contribution in [2.75, 3.05) is 48.5 Å². The molecular formula is C20H25Cl2N5O3. The molecule has 0 amide bonds. The number of nitrogens with zero attached hydrogens (tertiary/aromatic N) is 4. The van der Waals surface area contributed by atoms with Gasteiger partial charge in [-0.05, 0) is 18.9 Å². The molecule has 2 aromatic heterocycles. The summed E-state index contributed by atoms with van der Waals surface area (Å²) in [6, 6.07) is 3.93. The highest BCUT2D eigenvalue weighted by Gasteiger charge is 2.33. The van der Waals surface area contributed by atoms with Crippen molar-refractivity contribution in [2.24, 2.45) is 5.41 Å². The van der Waals surface area contributed by atoms with E-state index in [1.807, 2.05) is 17.0 Å². The summed E-state index contributed by atoms with van der Waals surface area (Å²) in [4.78, 5) is 20.3. The number of aliphatic hydroxyl groups is 1. The molecule has 1 atom stereocenters. The van der Waals surface area contributed by atoms with Crippen molar-refractivity contribution in [3.05, 3.63) is 39.9 Å². The zero-order valence-electron chi connectivity index (χ0n) is 16.6. The number of piperidine rings is 1. The molecule has 0 radical (unpaired) electrons. The minimum atomic E-state index is -0.395. The SMILES string of the molecule is O=c1[nH]ncc(N2CC[C@@H](Oc3cc(N4CCC(CO)(CCl)CC4)ccn3)C2)c1Cl. The molecule has 162 valence electrons. The number of hydrogen-bond acceptors (Lipinski definition) is 7. The number of ether oxygens (including phenoxy) is 1. The standard InChI is InChI=1S/C20H25Cl2N5O3/c21-12-20(13-28)3-7-26(8-4-20)14-1-5-23-17(9-14)30-15-2-6-27(11-15)16-10-24-25-19(29)18(16)22/h1,5,9-10,15,28H,2-4,6-8,11-13H2,(H,25,29)/t15-/m1/s1. The molecule has 0 aliphatic carbocycles. The molecule has 0 unspecified atom stereocenters. The third-order valence-corrected chi connectivity index (χ3v) is 7.01. The van der Waals surface area contributed by atoms with Gasteiger partial charge in [-0.15, -0.1) is 11.6 Å². The second-order valence-electron chi connectivity index (χ2n) is 8.00. The maximum absolute atomic E-state index is 11.7. The zero-order chi connectivity index (χ0) is 21.1. The van der Waals surface area contributed by atoms with E-state index < -0.39 is 5.56 Å². The van der Waals surface area contributed by atoms with E-state index >= 15 is 0 Å². The first-order valence-electron chi connectivity index (χ1n) is 10.1. The normalized spacial score (nSPS) is 21.1. The lowest BCUT2D eigenvalue weighted by Crippen LogP contribution is -2.43. The van der Waals surface area contributed by atoms with Gasteiger partial charge in [0, 0.05) is 61.9 Å². The summed E-state index contributed by atoms with van der Waals surface area (Å²) in [7, 11) is 0. The molecule has 4 rings (SSSR count). The third kappa shape index (κ3) is 4.36. The molecule has 0 saturated carbocycles. The predicted molar refractivity (Wildman–Crippen MR) is 117 cm³/mol. The quantitative estimate of drug-likeness (QED) is 0.647. The molecule has 0 spiro atoms. The van der Waals surface area contributed by atoms with E-state index in [0.717, 1.165) is 44.6 Å². The Morgan fingerprint density at radius 1 is 1.30 bits per heavy atom. The lowest BCUT2D eigenvalue weighted by Gasteiger charge is -2.40. The van der Waals surface area contributed by atoms with E-state index in [1.54, 1.807) is 12.4 Å². The molecule has 2 fully saturated rings. The van der Waals surface area contributed by atoms with Crippen LogP contribution in [0.4, 0.5) is 11.4 Å². The Balaban J connectivity index is 1.38. The van der Waals surface area contributed by atoms with Gasteiger partial charge in [-0.2, -0.15) is 5.10 Å². The van der Waals surface area contributed by atoms with Crippen LogP contribution in [0, 0.1) is 5.41 Å². The lowest BCUT2D eigenvalue weighted by atomic mass is 9.81. The number of aromatic nitrogens is 3. The van der Waals surface area contributed by atoms with Gasteiger partial charge in [-0.25, -0.2) is 10.1 Å². The Hall–Kier alpha value is -2.03. The number of H-pyrrole nitrogens is 1. The van der Waals surface area contributed by atoms with Crippen molar-refractivity contribution >= 4 is 34.6 Å². The van der Waals surface area contributed by atoms with Crippen molar-refractivity contribution < 1.29 is 9.84 Å². The maximum Gasteiger partial charge on any atom is 0.285 e. The number of rotatable bonds is 6. The molecule has 2 aromatic rings. The average molecular weight is 454 g/mol. The molecule has 30 heavy (non-hydrogen) atoms. The van der Waals surface area contributed by atoms with Crippen molar-refractivity contribution in [1.82, 2.24) is 15.2 Å². The number of alkyl halides is 1. The molecule has 0 aromatic carbocycles. The van der Waals surface area contributed by atoms with Crippen LogP contribution in [0.3, 0.4) is 0 Å². The van der Waals surface area contributed by atoms with Gasteiger partial charge in [0.05, 0.1) is 18.4 Å². The molecule has 8 nitrogen and oxygen atoms in total. The summed E-state index contributed by atoms with van der Waals surface area (Å²) in [5.74, 6) is 1.05. The van der Waals surface area contributed by atoms with E-state index in [-0.39, 0.29) is 23.1 Å². The number of halogens is 2. The van der Waals surface area contributed by atoms with Crippen LogP contribution in [-0.4, -0.2) is 65.1 Å². The molecule has 2 N–H and O–H groups in total. The second-order valence-corrected chi connectivity index (χ2v) is 8.65. The fraction of sp³-hybridized carbons (Fsp3) is 0.550. The molecule has 0 bridgehead atoms. The largest absolute Gasteiger partial charge is 0.472 e. The van der Waals surface area contributed by atoms with Crippen molar-refractivity contribution in [3.63, 3.8) is 0 Å². The third-order valence-electron chi connectivity index (χ3n) is 6.08. The van der Waals surface area contributed by atoms with Gasteiger partial charge < -0.3 is 19.6 Å². The fourth-order valence-electron chi connectivity index (χ4n) is 4.04. The first kappa shape index (κ1) is 21.2. The topological polar surface area (TPSA) is 94.6 Å². The number of nitrogens with one attached hydrogen (secondary N) is 1. The van der Waals surface area contributed by atoms with Gasteiger partial charge in [0.2, 0.25) is 5.88 Å². The Morgan fingerprint density at radius 2 is 2.10 bits per heavy atom. The van der Waals surface area contributed by atoms with Crippen molar-refractivity contribution in [2.45, 2.75) is 25.4 Å². The molecule has 2 aliphatic heterocycles. The van der Waals surface area contributed by atoms with Gasteiger partial charge in [0.15, 0.2) is 0 Å². The van der Waals surface area contributed by atoms with E-state index in [2.05, 4.69) is 20.1 Å². The number of aliphatic hydroxyl groups excluding tert-OH is 1. The summed E-state index contributed by atoms with van der Waals surface area (Å²) in [6.45, 7) is 3.13. The predicted octanol–water partition coefficient (Wildman–Crippen LogP) is 2.29. The summed E-state index contributed by atoms with van der Waals surface area (Å²) in [5, 5.41) is 16.0. The van der Waals surface area contributed by atoms with Crippen LogP contribution in [0.1, 0.15) is 19.3 Å². The number of aromatic amines is 1. The van der Waals surface area contributed by atoms with Crippen LogP contribution >= 0.6 is 23.2 Å². The molecule has 4 heterocycles. The van der Waals surface area contributed by atoms with Crippen molar-refractivity contribution in [1.29, 1.82) is 0 Å². The Bertz CT molecular complexity index is 927. The summed E-state index contributed by atoms with van der Waals surface area (Å²) >= 11 is 12.2. The molecule has 10 heteroatoms. The lowest BCUT2D eigenvalue weighted by molar-refractivity contribution is 0.118. The molecule has 2 saturated heterocycles. The van der Waals surface area contributed by atoms with Crippen LogP contribution in [0.25, 0.3) is 0 Å². The van der Waals surface area contributed by atoms with Crippen molar-refractivity contribution in [3.8, 4) is 5.88 Å². The van der Waals surface area contributed by atoms with Crippen LogP contribution in [-0.2, 0) is 0 Å². The zero-order valence-corrected chi connectivity index (χ0v) is 18.1. The number of anilines is 2. The second kappa shape index (κ2) is 8.99. The minimum Gasteiger partial charge on any atom is -0.472 e. The van der Waals surface area contributed by atoms with E-state index in [9.17, 15) is 9.90 Å². The fourth-order valence-corrected chi connectivity index (χ4v) is 4.60. The summed E-state index contributed by atoms with van der Waals surface area (Å²) < 4.78 is 6.12. The Kier molecular flexibility index (Phi) is 6.36. The van der Waals surface area contributed by atoms with E-state index in [0.29, 0.717) is 24.0 Å². The smallest absolute Gasteiger partial charge is 0.285 e. The number of hydrogen-bond donors (Lipinski definition) is 2. The maximum atomic E-state index is 11.7. The van der Waals surface area contributed by atoms with Crippen LogP contribution in [0.2, 0.25) is 5.02 Å². The average Bonchev–Trinajstić information content (AvgIpc) is 3.24. The van der Waals surface area contributed by atoms with Crippen LogP contribution < -0.4 is 20.1 Å². The highest BCUT2D eigenvalue weighted by atomic mass is 35.5. The Morgan fingerprint density at radius 3 is 2.83 bits per heavy atom. The summed E-state index contributed by atoms with van der Waals surface area (Å²) in [5.41, 5.74) is 1.10.